The molecule has 1 saturated heterocycles. The first-order valence-corrected chi connectivity index (χ1v) is 15.0. The molecule has 2 aromatic carbocycles. The number of aryl methyl sites for hydroxylation is 1. The van der Waals surface area contributed by atoms with Crippen LogP contribution in [0.2, 0.25) is 0 Å². The number of esters is 1. The quantitative estimate of drug-likeness (QED) is 0.276. The number of hydrogen-bond donors (Lipinski definition) is 1. The molecule has 1 aliphatic heterocycles. The van der Waals surface area contributed by atoms with Crippen molar-refractivity contribution in [2.75, 3.05) is 45.7 Å². The van der Waals surface area contributed by atoms with Crippen molar-refractivity contribution >= 4 is 34.6 Å². The number of rotatable bonds is 12. The molecule has 11 heteroatoms. The highest BCUT2D eigenvalue weighted by Gasteiger charge is 2.32. The molecule has 1 atom stereocenters. The predicted molar refractivity (Wildman–Crippen MR) is 158 cm³/mol. The maximum absolute atomic E-state index is 15.4. The number of Topliss-reactive ketones (excluding diaryl/α,β-unsaturated/α-hetero) is 1. The third-order valence-electron chi connectivity index (χ3n) is 8.43. The molecule has 2 fully saturated rings. The molecule has 232 valence electrons. The van der Waals surface area contributed by atoms with Crippen molar-refractivity contribution in [3.8, 4) is 0 Å². The molecule has 1 saturated carbocycles. The Kier molecular flexibility index (Phi) is 10.0. The number of ketones is 1. The van der Waals surface area contributed by atoms with Crippen LogP contribution in [0.15, 0.2) is 34.7 Å². The summed E-state index contributed by atoms with van der Waals surface area (Å²) in [5.41, 5.74) is 1.72. The lowest BCUT2D eigenvalue weighted by Gasteiger charge is -2.36. The second-order valence-corrected chi connectivity index (χ2v) is 11.7. The van der Waals surface area contributed by atoms with E-state index in [1.54, 1.807) is 18.2 Å². The first-order valence-electron chi connectivity index (χ1n) is 15.0. The van der Waals surface area contributed by atoms with E-state index >= 15 is 4.39 Å². The monoisotopic (exact) mass is 598 g/mol. The molecule has 1 aromatic heterocycles. The summed E-state index contributed by atoms with van der Waals surface area (Å²) in [6.07, 6.45) is 5.14. The van der Waals surface area contributed by atoms with E-state index in [0.717, 1.165) is 57.2 Å². The Hall–Kier alpha value is -3.41. The zero-order chi connectivity index (χ0) is 30.5. The first-order chi connectivity index (χ1) is 20.7. The van der Waals surface area contributed by atoms with Gasteiger partial charge in [-0.05, 0) is 81.8 Å². The SMILES string of the molecule is COC(=O)C1CCC(OC(CN(C)CC(=O)Cc2ccc3nc(Nc4cc(F)ccc4C)oc3c2F)N2CCCC2)CC1. The molecule has 9 nitrogen and oxygen atoms in total. The van der Waals surface area contributed by atoms with Crippen molar-refractivity contribution in [1.82, 2.24) is 14.8 Å². The molecule has 1 unspecified atom stereocenters. The number of hydrogen-bond acceptors (Lipinski definition) is 9. The number of nitrogens with zero attached hydrogens (tertiary/aromatic N) is 3. The molecule has 3 aromatic rings. The summed E-state index contributed by atoms with van der Waals surface area (Å²) < 4.78 is 46.1. The summed E-state index contributed by atoms with van der Waals surface area (Å²) in [5.74, 6) is -1.39. The van der Waals surface area contributed by atoms with Gasteiger partial charge < -0.3 is 19.2 Å². The molecule has 43 heavy (non-hydrogen) atoms. The fourth-order valence-corrected chi connectivity index (χ4v) is 6.03. The van der Waals surface area contributed by atoms with Gasteiger partial charge in [-0.25, -0.2) is 8.78 Å². The minimum Gasteiger partial charge on any atom is -0.469 e. The number of carbonyl (C=O) groups is 2. The second-order valence-electron chi connectivity index (χ2n) is 11.7. The number of halogens is 2. The van der Waals surface area contributed by atoms with E-state index in [1.807, 2.05) is 18.9 Å². The van der Waals surface area contributed by atoms with Gasteiger partial charge in [0.2, 0.25) is 0 Å². The maximum Gasteiger partial charge on any atom is 0.308 e. The van der Waals surface area contributed by atoms with Crippen LogP contribution in [0, 0.1) is 24.5 Å². The van der Waals surface area contributed by atoms with Gasteiger partial charge in [0.1, 0.15) is 17.6 Å². The highest BCUT2D eigenvalue weighted by molar-refractivity contribution is 5.85. The Bertz CT molecular complexity index is 1430. The number of ether oxygens (including phenoxy) is 2. The largest absolute Gasteiger partial charge is 0.469 e. The number of methoxy groups -OCH3 is 1. The fraction of sp³-hybridized carbons (Fsp3) is 0.531. The van der Waals surface area contributed by atoms with Crippen LogP contribution in [0.1, 0.15) is 49.7 Å². The van der Waals surface area contributed by atoms with Crippen molar-refractivity contribution < 1.29 is 32.3 Å². The summed E-state index contributed by atoms with van der Waals surface area (Å²) in [6.45, 7) is 4.38. The van der Waals surface area contributed by atoms with Gasteiger partial charge in [-0.2, -0.15) is 4.98 Å². The summed E-state index contributed by atoms with van der Waals surface area (Å²) in [4.78, 5) is 33.5. The van der Waals surface area contributed by atoms with E-state index in [0.29, 0.717) is 17.7 Å². The molecular formula is C32H40F2N4O5. The van der Waals surface area contributed by atoms with Crippen molar-refractivity contribution in [3.63, 3.8) is 0 Å². The average Bonchev–Trinajstić information content (AvgIpc) is 3.67. The van der Waals surface area contributed by atoms with Crippen LogP contribution >= 0.6 is 0 Å². The van der Waals surface area contributed by atoms with Crippen LogP contribution in [-0.4, -0.2) is 79.2 Å². The highest BCUT2D eigenvalue weighted by Crippen LogP contribution is 2.30. The lowest BCUT2D eigenvalue weighted by Crippen LogP contribution is -2.47. The Balaban J connectivity index is 1.18. The molecule has 1 aliphatic carbocycles. The molecule has 1 N–H and O–H groups in total. The highest BCUT2D eigenvalue weighted by atomic mass is 19.1. The molecule has 0 bridgehead atoms. The Morgan fingerprint density at radius 3 is 2.60 bits per heavy atom. The van der Waals surface area contributed by atoms with E-state index < -0.39 is 11.6 Å². The third-order valence-corrected chi connectivity index (χ3v) is 8.43. The van der Waals surface area contributed by atoms with E-state index in [1.165, 1.54) is 19.2 Å². The standard InChI is InChI=1S/C32H40F2N4O5/c1-20-6-10-23(33)17-27(20)36-32-35-26-13-9-22(29(34)30(26)43-32)16-24(39)18-37(2)19-28(38-14-4-5-15-38)42-25-11-7-21(8-12-25)31(40)41-3/h6,9-10,13,17,21,25,28H,4-5,7-8,11-12,14-16,18-19H2,1-3H3,(H,35,36). The zero-order valence-electron chi connectivity index (χ0n) is 25.0. The van der Waals surface area contributed by atoms with E-state index in [9.17, 15) is 14.0 Å². The lowest BCUT2D eigenvalue weighted by molar-refractivity contribution is -0.150. The third kappa shape index (κ3) is 7.76. The Morgan fingerprint density at radius 2 is 1.88 bits per heavy atom. The second kappa shape index (κ2) is 13.9. The van der Waals surface area contributed by atoms with Crippen LogP contribution in [0.25, 0.3) is 11.1 Å². The average molecular weight is 599 g/mol. The minimum atomic E-state index is -0.633. The number of nitrogens with one attached hydrogen (secondary N) is 1. The molecule has 0 amide bonds. The number of benzene rings is 2. The summed E-state index contributed by atoms with van der Waals surface area (Å²) in [7, 11) is 3.30. The fourth-order valence-electron chi connectivity index (χ4n) is 6.03. The molecule has 5 rings (SSSR count). The minimum absolute atomic E-state index is 0.0394. The number of carbonyl (C=O) groups excluding carboxylic acids is 2. The van der Waals surface area contributed by atoms with Gasteiger partial charge in [0, 0.05) is 31.7 Å². The normalized spacial score (nSPS) is 20.0. The number of aromatic nitrogens is 1. The van der Waals surface area contributed by atoms with Gasteiger partial charge in [-0.15, -0.1) is 0 Å². The number of anilines is 2. The van der Waals surface area contributed by atoms with Gasteiger partial charge in [0.25, 0.3) is 6.01 Å². The lowest BCUT2D eigenvalue weighted by atomic mass is 9.87. The molecule has 2 heterocycles. The summed E-state index contributed by atoms with van der Waals surface area (Å²) >= 11 is 0. The summed E-state index contributed by atoms with van der Waals surface area (Å²) in [6, 6.07) is 7.50. The first kappa shape index (κ1) is 31.0. The van der Waals surface area contributed by atoms with Gasteiger partial charge >= 0.3 is 5.97 Å². The number of likely N-dealkylation sites (N-methyl/N-ethyl adjacent to an activating group) is 1. The van der Waals surface area contributed by atoms with Gasteiger partial charge in [-0.3, -0.25) is 19.4 Å². The van der Waals surface area contributed by atoms with Crippen molar-refractivity contribution in [3.05, 3.63) is 53.1 Å². The number of fused-ring (bicyclic) bond motifs is 1. The van der Waals surface area contributed by atoms with Gasteiger partial charge in [-0.1, -0.05) is 12.1 Å². The topological polar surface area (TPSA) is 97.1 Å². The van der Waals surface area contributed by atoms with Crippen LogP contribution in [0.3, 0.4) is 0 Å². The Morgan fingerprint density at radius 1 is 1.14 bits per heavy atom. The molecule has 2 aliphatic rings. The number of oxazole rings is 1. The van der Waals surface area contributed by atoms with Crippen molar-refractivity contribution in [1.29, 1.82) is 0 Å². The van der Waals surface area contributed by atoms with Gasteiger partial charge in [0.15, 0.2) is 17.2 Å². The van der Waals surface area contributed by atoms with Crippen molar-refractivity contribution in [2.24, 2.45) is 5.92 Å². The molecule has 0 radical (unpaired) electrons. The summed E-state index contributed by atoms with van der Waals surface area (Å²) in [5, 5.41) is 2.90. The Labute approximate surface area is 250 Å². The van der Waals surface area contributed by atoms with Crippen LogP contribution < -0.4 is 5.32 Å². The van der Waals surface area contributed by atoms with E-state index in [2.05, 4.69) is 15.2 Å². The molecular weight excluding hydrogens is 558 g/mol. The van der Waals surface area contributed by atoms with Crippen LogP contribution in [0.4, 0.5) is 20.5 Å². The number of likely N-dealkylation sites (tertiary alicyclic amines) is 1. The zero-order valence-corrected chi connectivity index (χ0v) is 25.0. The maximum atomic E-state index is 15.4. The van der Waals surface area contributed by atoms with Crippen LogP contribution in [0.5, 0.6) is 0 Å². The molecule has 0 spiro atoms. The van der Waals surface area contributed by atoms with Crippen LogP contribution in [-0.2, 0) is 25.5 Å². The predicted octanol–water partition coefficient (Wildman–Crippen LogP) is 5.37. The van der Waals surface area contributed by atoms with E-state index in [4.69, 9.17) is 13.9 Å². The smallest absolute Gasteiger partial charge is 0.308 e. The van der Waals surface area contributed by atoms with E-state index in [-0.39, 0.29) is 60.1 Å². The van der Waals surface area contributed by atoms with Crippen molar-refractivity contribution in [2.45, 2.75) is 64.2 Å². The van der Waals surface area contributed by atoms with Gasteiger partial charge in [0.05, 0.1) is 25.7 Å².